The summed E-state index contributed by atoms with van der Waals surface area (Å²) in [6.07, 6.45) is 3.35. The van der Waals surface area contributed by atoms with Gasteiger partial charge in [-0.15, -0.1) is 5.10 Å². The summed E-state index contributed by atoms with van der Waals surface area (Å²) >= 11 is 0. The second kappa shape index (κ2) is 16.6. The molecule has 60 heavy (non-hydrogen) atoms. The molecule has 6 heterocycles. The fraction of sp³-hybridized carbons (Fsp3) is 0.614. The van der Waals surface area contributed by atoms with Gasteiger partial charge in [0.25, 0.3) is 0 Å². The van der Waals surface area contributed by atoms with Crippen LogP contribution in [0.15, 0.2) is 41.3 Å². The van der Waals surface area contributed by atoms with Crippen LogP contribution in [0.25, 0.3) is 11.0 Å². The van der Waals surface area contributed by atoms with E-state index in [9.17, 15) is 13.2 Å². The van der Waals surface area contributed by atoms with Gasteiger partial charge in [0.1, 0.15) is 28.2 Å². The first kappa shape index (κ1) is 42.5. The Hall–Kier alpha value is -4.22. The largest absolute Gasteiger partial charge is 0.476 e. The van der Waals surface area contributed by atoms with Crippen LogP contribution in [0.2, 0.25) is 0 Å². The number of carbonyl (C=O) groups is 1. The molecule has 1 atom stereocenters. The van der Waals surface area contributed by atoms with Crippen molar-refractivity contribution in [3.05, 3.63) is 64.5 Å². The van der Waals surface area contributed by atoms with E-state index in [0.717, 1.165) is 47.4 Å². The van der Waals surface area contributed by atoms with Crippen LogP contribution in [0.5, 0.6) is 11.8 Å². The Balaban J connectivity index is 1.15. The van der Waals surface area contributed by atoms with Crippen molar-refractivity contribution in [3.63, 3.8) is 0 Å². The molecule has 1 unspecified atom stereocenters. The zero-order valence-electron chi connectivity index (χ0n) is 36.0. The lowest BCUT2D eigenvalue weighted by molar-refractivity contribution is -0.166. The highest BCUT2D eigenvalue weighted by Gasteiger charge is 2.47. The number of hydrogen-bond acceptors (Lipinski definition) is 13. The number of morpholine rings is 1. The third kappa shape index (κ3) is 8.89. The SMILES string of the molecule is Cc1ccc(C(c2ccc3c(nnn3CC3CC3)c2C)C(C)(C)C(=O)OC(C)(C)C)nc1CN1CC2(CCOCC2)Oc2nc(OCCN3CCOCC3)ccc2S1(=O)=O. The van der Waals surface area contributed by atoms with E-state index in [0.29, 0.717) is 75.6 Å². The number of fused-ring (bicyclic) bond motifs is 2. The molecule has 0 N–H and O–H groups in total. The summed E-state index contributed by atoms with van der Waals surface area (Å²) in [6, 6.07) is 11.1. The Labute approximate surface area is 353 Å². The van der Waals surface area contributed by atoms with Crippen LogP contribution in [-0.2, 0) is 42.1 Å². The first-order valence-electron chi connectivity index (χ1n) is 21.3. The van der Waals surface area contributed by atoms with Gasteiger partial charge in [-0.25, -0.2) is 13.1 Å². The van der Waals surface area contributed by atoms with Crippen LogP contribution in [0, 0.1) is 25.2 Å². The Bertz CT molecular complexity index is 2330. The lowest BCUT2D eigenvalue weighted by Crippen LogP contribution is -2.50. The van der Waals surface area contributed by atoms with Gasteiger partial charge in [-0.05, 0) is 102 Å². The third-order valence-electron chi connectivity index (χ3n) is 12.3. The predicted octanol–water partition coefficient (Wildman–Crippen LogP) is 5.59. The fourth-order valence-corrected chi connectivity index (χ4v) is 10.0. The molecule has 324 valence electrons. The van der Waals surface area contributed by atoms with E-state index in [1.54, 1.807) is 6.07 Å². The van der Waals surface area contributed by atoms with Crippen molar-refractivity contribution < 1.29 is 36.9 Å². The molecular formula is C44H59N7O8S. The van der Waals surface area contributed by atoms with Crippen molar-refractivity contribution in [3.8, 4) is 11.8 Å². The molecule has 2 saturated heterocycles. The maximum absolute atomic E-state index is 14.8. The maximum Gasteiger partial charge on any atom is 0.313 e. The molecule has 1 aliphatic carbocycles. The van der Waals surface area contributed by atoms with Gasteiger partial charge in [-0.2, -0.15) is 9.29 Å². The van der Waals surface area contributed by atoms with Gasteiger partial charge in [0, 0.05) is 56.7 Å². The van der Waals surface area contributed by atoms with E-state index in [1.807, 2.05) is 71.3 Å². The molecule has 3 aromatic heterocycles. The molecule has 0 radical (unpaired) electrons. The number of aryl methyl sites for hydroxylation is 2. The van der Waals surface area contributed by atoms with Gasteiger partial charge in [0.15, 0.2) is 0 Å². The molecular weight excluding hydrogens is 787 g/mol. The molecule has 4 aliphatic rings. The average molecular weight is 846 g/mol. The molecule has 8 rings (SSSR count). The number of sulfonamides is 1. The van der Waals surface area contributed by atoms with Crippen LogP contribution < -0.4 is 9.47 Å². The van der Waals surface area contributed by atoms with Crippen molar-refractivity contribution >= 4 is 27.0 Å². The first-order valence-corrected chi connectivity index (χ1v) is 22.7. The van der Waals surface area contributed by atoms with E-state index < -0.39 is 32.6 Å². The standard InChI is InChI=1S/C44H59N7O8S/c1-29-8-12-33(38(43(6,7)41(52)59-42(3,4)5)32-11-13-35-39(30(32)2)47-48-51(35)26-31-9-10-31)45-34(29)27-50-28-44(16-21-55-22-17-44)58-40-36(60(50,53)54)14-15-37(46-40)57-25-20-49-18-23-56-24-19-49/h8,11-15,31,38H,9-10,16-28H2,1-7H3. The highest BCUT2D eigenvalue weighted by atomic mass is 32.2. The quantitative estimate of drug-likeness (QED) is 0.163. The minimum Gasteiger partial charge on any atom is -0.476 e. The second-order valence-corrected chi connectivity index (χ2v) is 20.4. The fourth-order valence-electron chi connectivity index (χ4n) is 8.49. The van der Waals surface area contributed by atoms with Gasteiger partial charge in [-0.3, -0.25) is 14.7 Å². The van der Waals surface area contributed by atoms with Crippen LogP contribution in [0.4, 0.5) is 0 Å². The van der Waals surface area contributed by atoms with E-state index >= 15 is 0 Å². The summed E-state index contributed by atoms with van der Waals surface area (Å²) in [6.45, 7) is 19.2. The first-order chi connectivity index (χ1) is 28.5. The Morgan fingerprint density at radius 3 is 2.40 bits per heavy atom. The van der Waals surface area contributed by atoms with E-state index in [1.165, 1.54) is 23.2 Å². The number of ether oxygens (including phenoxy) is 5. The summed E-state index contributed by atoms with van der Waals surface area (Å²) < 4.78 is 62.9. The molecule has 15 nitrogen and oxygen atoms in total. The molecule has 3 aliphatic heterocycles. The van der Waals surface area contributed by atoms with E-state index in [4.69, 9.17) is 28.7 Å². The van der Waals surface area contributed by atoms with Crippen molar-refractivity contribution in [1.82, 2.24) is 34.2 Å². The number of rotatable bonds is 12. The summed E-state index contributed by atoms with van der Waals surface area (Å²) in [5.74, 6) is -0.00137. The summed E-state index contributed by atoms with van der Waals surface area (Å²) in [4.78, 5) is 26.3. The van der Waals surface area contributed by atoms with Gasteiger partial charge >= 0.3 is 5.97 Å². The predicted molar refractivity (Wildman–Crippen MR) is 223 cm³/mol. The van der Waals surface area contributed by atoms with Crippen LogP contribution >= 0.6 is 0 Å². The zero-order chi connectivity index (χ0) is 42.5. The van der Waals surface area contributed by atoms with Gasteiger partial charge < -0.3 is 23.7 Å². The second-order valence-electron chi connectivity index (χ2n) is 18.4. The monoisotopic (exact) mass is 845 g/mol. The third-order valence-corrected chi connectivity index (χ3v) is 14.1. The average Bonchev–Trinajstić information content (AvgIpc) is 3.94. The van der Waals surface area contributed by atoms with E-state index in [-0.39, 0.29) is 29.8 Å². The lowest BCUT2D eigenvalue weighted by Gasteiger charge is -2.38. The van der Waals surface area contributed by atoms with Crippen LogP contribution in [0.1, 0.15) is 94.3 Å². The molecule has 16 heteroatoms. The number of carbonyl (C=O) groups excluding carboxylic acids is 1. The van der Waals surface area contributed by atoms with Crippen molar-refractivity contribution in [1.29, 1.82) is 0 Å². The molecule has 1 spiro atoms. The van der Waals surface area contributed by atoms with Crippen LogP contribution in [-0.4, -0.2) is 119 Å². The van der Waals surface area contributed by atoms with Crippen molar-refractivity contribution in [2.75, 3.05) is 59.2 Å². The number of pyridine rings is 2. The number of benzene rings is 1. The zero-order valence-corrected chi connectivity index (χ0v) is 36.8. The van der Waals surface area contributed by atoms with E-state index in [2.05, 4.69) is 26.3 Å². The highest BCUT2D eigenvalue weighted by molar-refractivity contribution is 7.89. The minimum absolute atomic E-state index is 0.0252. The van der Waals surface area contributed by atoms with Gasteiger partial charge in [0.05, 0.1) is 56.1 Å². The molecule has 1 aromatic carbocycles. The topological polar surface area (TPSA) is 160 Å². The Morgan fingerprint density at radius 1 is 0.950 bits per heavy atom. The number of hydrogen-bond donors (Lipinski definition) is 0. The van der Waals surface area contributed by atoms with Gasteiger partial charge in [-0.1, -0.05) is 17.3 Å². The molecule has 0 amide bonds. The Kier molecular flexibility index (Phi) is 11.7. The van der Waals surface area contributed by atoms with Crippen molar-refractivity contribution in [2.24, 2.45) is 11.3 Å². The summed E-state index contributed by atoms with van der Waals surface area (Å²) in [7, 11) is -4.15. The summed E-state index contributed by atoms with van der Waals surface area (Å²) in [5.41, 5.74) is 2.80. The van der Waals surface area contributed by atoms with Crippen LogP contribution in [0.3, 0.4) is 0 Å². The molecule has 0 bridgehead atoms. The van der Waals surface area contributed by atoms with Crippen molar-refractivity contribution in [2.45, 2.75) is 109 Å². The Morgan fingerprint density at radius 2 is 1.68 bits per heavy atom. The smallest absolute Gasteiger partial charge is 0.313 e. The molecule has 1 saturated carbocycles. The molecule has 3 fully saturated rings. The highest BCUT2D eigenvalue weighted by Crippen LogP contribution is 2.45. The number of nitrogens with zero attached hydrogens (tertiary/aromatic N) is 7. The number of esters is 1. The summed E-state index contributed by atoms with van der Waals surface area (Å²) in [5, 5.41) is 9.14. The molecule has 4 aromatic rings. The van der Waals surface area contributed by atoms with Gasteiger partial charge in [0.2, 0.25) is 21.8 Å². The normalized spacial score (nSPS) is 20.3. The lowest BCUT2D eigenvalue weighted by atomic mass is 9.71. The minimum atomic E-state index is -4.15. The maximum atomic E-state index is 14.8. The number of aromatic nitrogens is 5.